The van der Waals surface area contributed by atoms with E-state index in [1.54, 1.807) is 12.1 Å². The van der Waals surface area contributed by atoms with Crippen LogP contribution in [-0.4, -0.2) is 27.9 Å². The van der Waals surface area contributed by atoms with Gasteiger partial charge in [0.05, 0.1) is 11.7 Å². The van der Waals surface area contributed by atoms with Gasteiger partial charge >= 0.3 is 0 Å². The molecule has 1 fully saturated rings. The first kappa shape index (κ1) is 12.5. The van der Waals surface area contributed by atoms with Crippen LogP contribution >= 0.6 is 0 Å². The third kappa shape index (κ3) is 2.84. The van der Waals surface area contributed by atoms with E-state index in [1.165, 1.54) is 0 Å². The Bertz CT molecular complexity index is 487. The number of amides is 2. The highest BCUT2D eigenvalue weighted by Gasteiger charge is 2.26. The number of nitrogens with zero attached hydrogens (tertiary/aromatic N) is 1. The Hall–Kier alpha value is -1.95. The minimum Gasteiger partial charge on any atom is -0.506 e. The van der Waals surface area contributed by atoms with Gasteiger partial charge in [-0.1, -0.05) is 0 Å². The van der Waals surface area contributed by atoms with Crippen molar-refractivity contribution in [3.8, 4) is 5.75 Å². The van der Waals surface area contributed by atoms with E-state index in [1.807, 2.05) is 6.92 Å². The van der Waals surface area contributed by atoms with E-state index < -0.39 is 6.04 Å². The summed E-state index contributed by atoms with van der Waals surface area (Å²) in [6, 6.07) is 2.87. The molecule has 18 heavy (non-hydrogen) atoms. The van der Waals surface area contributed by atoms with E-state index in [-0.39, 0.29) is 17.6 Å². The average Bonchev–Trinajstić information content (AvgIpc) is 2.32. The van der Waals surface area contributed by atoms with Gasteiger partial charge in [0, 0.05) is 18.7 Å². The van der Waals surface area contributed by atoms with Gasteiger partial charge in [-0.3, -0.25) is 25.2 Å². The predicted octanol–water partition coefficient (Wildman–Crippen LogP) is -0.00958. The summed E-state index contributed by atoms with van der Waals surface area (Å²) in [5, 5.41) is 14.9. The number of rotatable bonds is 3. The van der Waals surface area contributed by atoms with Crippen LogP contribution in [0.1, 0.15) is 24.2 Å². The lowest BCUT2D eigenvalue weighted by molar-refractivity contribution is -0.134. The molecular weight excluding hydrogens is 234 g/mol. The lowest BCUT2D eigenvalue weighted by Crippen LogP contribution is -2.50. The summed E-state index contributed by atoms with van der Waals surface area (Å²) in [4.78, 5) is 26.7. The highest BCUT2D eigenvalue weighted by atomic mass is 16.3. The van der Waals surface area contributed by atoms with Crippen molar-refractivity contribution in [3.63, 3.8) is 0 Å². The maximum absolute atomic E-state index is 11.5. The number of carbonyl (C=O) groups is 2. The fourth-order valence-corrected chi connectivity index (χ4v) is 1.84. The molecule has 0 aromatic carbocycles. The standard InChI is InChI=1S/C12H15N3O3/c1-7-2-4-10(16)9(14-7)6-13-8-3-5-11(17)15-12(8)18/h2,4,8,13,16H,3,5-6H2,1H3,(H,15,17,18). The van der Waals surface area contributed by atoms with Crippen LogP contribution in [0.4, 0.5) is 0 Å². The summed E-state index contributed by atoms with van der Waals surface area (Å²) in [7, 11) is 0. The van der Waals surface area contributed by atoms with E-state index in [0.29, 0.717) is 25.1 Å². The monoisotopic (exact) mass is 249 g/mol. The van der Waals surface area contributed by atoms with Crippen molar-refractivity contribution in [1.82, 2.24) is 15.6 Å². The zero-order chi connectivity index (χ0) is 13.1. The lowest BCUT2D eigenvalue weighted by atomic mass is 10.1. The summed E-state index contributed by atoms with van der Waals surface area (Å²) in [6.07, 6.45) is 0.799. The highest BCUT2D eigenvalue weighted by molar-refractivity contribution is 6.00. The van der Waals surface area contributed by atoms with Gasteiger partial charge in [0.2, 0.25) is 11.8 Å². The number of aromatic hydroxyl groups is 1. The summed E-state index contributed by atoms with van der Waals surface area (Å²) in [5.41, 5.74) is 1.30. The average molecular weight is 249 g/mol. The normalized spacial score (nSPS) is 19.7. The molecule has 96 valence electrons. The molecular formula is C12H15N3O3. The Morgan fingerprint density at radius 1 is 1.50 bits per heavy atom. The van der Waals surface area contributed by atoms with E-state index in [2.05, 4.69) is 15.6 Å². The number of hydrogen-bond acceptors (Lipinski definition) is 5. The lowest BCUT2D eigenvalue weighted by Gasteiger charge is -2.21. The van der Waals surface area contributed by atoms with E-state index in [9.17, 15) is 14.7 Å². The SMILES string of the molecule is Cc1ccc(O)c(CNC2CCC(=O)NC2=O)n1. The second-order valence-corrected chi connectivity index (χ2v) is 4.30. The molecule has 0 spiro atoms. The molecule has 2 heterocycles. The molecule has 1 aromatic rings. The minimum atomic E-state index is -0.413. The van der Waals surface area contributed by atoms with Crippen LogP contribution in [0.25, 0.3) is 0 Å². The zero-order valence-electron chi connectivity index (χ0n) is 10.1. The van der Waals surface area contributed by atoms with Crippen LogP contribution in [0.5, 0.6) is 5.75 Å². The van der Waals surface area contributed by atoms with Gasteiger partial charge in [-0.15, -0.1) is 0 Å². The van der Waals surface area contributed by atoms with E-state index in [0.717, 1.165) is 5.69 Å². The highest BCUT2D eigenvalue weighted by Crippen LogP contribution is 2.15. The first-order chi connectivity index (χ1) is 8.56. The Balaban J connectivity index is 1.97. The number of nitrogens with one attached hydrogen (secondary N) is 2. The van der Waals surface area contributed by atoms with Crippen molar-refractivity contribution >= 4 is 11.8 Å². The molecule has 1 aliphatic heterocycles. The molecule has 2 rings (SSSR count). The molecule has 0 bridgehead atoms. The summed E-state index contributed by atoms with van der Waals surface area (Å²) < 4.78 is 0. The quantitative estimate of drug-likeness (QED) is 0.655. The summed E-state index contributed by atoms with van der Waals surface area (Å²) in [5.74, 6) is -0.464. The number of pyridine rings is 1. The molecule has 1 atom stereocenters. The van der Waals surface area contributed by atoms with Crippen molar-refractivity contribution in [3.05, 3.63) is 23.5 Å². The molecule has 6 nitrogen and oxygen atoms in total. The molecule has 1 saturated heterocycles. The number of imide groups is 1. The summed E-state index contributed by atoms with van der Waals surface area (Å²) >= 11 is 0. The van der Waals surface area contributed by atoms with Gasteiger partial charge in [-0.05, 0) is 25.5 Å². The number of aromatic nitrogens is 1. The fraction of sp³-hybridized carbons (Fsp3) is 0.417. The molecule has 0 aliphatic carbocycles. The number of carbonyl (C=O) groups excluding carboxylic acids is 2. The Morgan fingerprint density at radius 3 is 3.00 bits per heavy atom. The maximum Gasteiger partial charge on any atom is 0.243 e. The van der Waals surface area contributed by atoms with Crippen LogP contribution in [-0.2, 0) is 16.1 Å². The van der Waals surface area contributed by atoms with E-state index >= 15 is 0 Å². The van der Waals surface area contributed by atoms with Gasteiger partial charge in [0.15, 0.2) is 0 Å². The van der Waals surface area contributed by atoms with Crippen molar-refractivity contribution in [2.45, 2.75) is 32.4 Å². The zero-order valence-corrected chi connectivity index (χ0v) is 10.1. The van der Waals surface area contributed by atoms with Gasteiger partial charge in [0.1, 0.15) is 5.75 Å². The van der Waals surface area contributed by atoms with Crippen molar-refractivity contribution < 1.29 is 14.7 Å². The second-order valence-electron chi connectivity index (χ2n) is 4.30. The Labute approximate surface area is 104 Å². The Morgan fingerprint density at radius 2 is 2.28 bits per heavy atom. The first-order valence-electron chi connectivity index (χ1n) is 5.79. The number of hydrogen-bond donors (Lipinski definition) is 3. The number of aryl methyl sites for hydroxylation is 1. The first-order valence-corrected chi connectivity index (χ1v) is 5.79. The maximum atomic E-state index is 11.5. The molecule has 2 amide bonds. The number of piperidine rings is 1. The molecule has 0 saturated carbocycles. The molecule has 3 N–H and O–H groups in total. The van der Waals surface area contributed by atoms with Gasteiger partial charge in [-0.25, -0.2) is 0 Å². The smallest absolute Gasteiger partial charge is 0.243 e. The van der Waals surface area contributed by atoms with Crippen molar-refractivity contribution in [2.75, 3.05) is 0 Å². The molecule has 1 aromatic heterocycles. The van der Waals surface area contributed by atoms with Crippen LogP contribution in [0.15, 0.2) is 12.1 Å². The minimum absolute atomic E-state index is 0.0976. The predicted molar refractivity (Wildman–Crippen MR) is 63.7 cm³/mol. The molecule has 1 unspecified atom stereocenters. The fourth-order valence-electron chi connectivity index (χ4n) is 1.84. The van der Waals surface area contributed by atoms with Gasteiger partial charge in [0.25, 0.3) is 0 Å². The van der Waals surface area contributed by atoms with Gasteiger partial charge < -0.3 is 5.11 Å². The third-order valence-corrected chi connectivity index (χ3v) is 2.84. The molecule has 6 heteroatoms. The van der Waals surface area contributed by atoms with Crippen molar-refractivity contribution in [2.24, 2.45) is 0 Å². The topological polar surface area (TPSA) is 91.3 Å². The van der Waals surface area contributed by atoms with Crippen LogP contribution in [0.3, 0.4) is 0 Å². The largest absolute Gasteiger partial charge is 0.506 e. The summed E-state index contributed by atoms with van der Waals surface area (Å²) in [6.45, 7) is 2.12. The van der Waals surface area contributed by atoms with Crippen molar-refractivity contribution in [1.29, 1.82) is 0 Å². The van der Waals surface area contributed by atoms with Crippen LogP contribution < -0.4 is 10.6 Å². The van der Waals surface area contributed by atoms with Crippen LogP contribution in [0.2, 0.25) is 0 Å². The van der Waals surface area contributed by atoms with Crippen LogP contribution in [0, 0.1) is 6.92 Å². The molecule has 1 aliphatic rings. The van der Waals surface area contributed by atoms with Gasteiger partial charge in [-0.2, -0.15) is 0 Å². The van der Waals surface area contributed by atoms with E-state index in [4.69, 9.17) is 0 Å². The Kier molecular flexibility index (Phi) is 3.57. The third-order valence-electron chi connectivity index (χ3n) is 2.84. The molecule has 0 radical (unpaired) electrons. The second kappa shape index (κ2) is 5.14.